The molecule has 0 bridgehead atoms. The Kier molecular flexibility index (Phi) is 3.40. The third-order valence-electron chi connectivity index (χ3n) is 1.23. The number of nitrogens with zero attached hydrogens (tertiary/aromatic N) is 1. The zero-order chi connectivity index (χ0) is 9.78. The van der Waals surface area contributed by atoms with Crippen molar-refractivity contribution in [3.05, 3.63) is 22.8 Å². The quantitative estimate of drug-likeness (QED) is 0.272. The highest BCUT2D eigenvalue weighted by Crippen LogP contribution is 2.07. The van der Waals surface area contributed by atoms with E-state index in [0.717, 1.165) is 6.08 Å². The van der Waals surface area contributed by atoms with Crippen molar-refractivity contribution in [3.8, 4) is 0 Å². The van der Waals surface area contributed by atoms with E-state index >= 15 is 0 Å². The molecule has 0 aromatic carbocycles. The molecule has 0 saturated heterocycles. The number of nitro groups is 1. The standard InChI is InChI=1S/C7H11NO4/c1-4-6(9)12-5-7(2,3)8(10)11/h4H,1,5H2,2-3H3. The molecule has 5 nitrogen and oxygen atoms in total. The van der Waals surface area contributed by atoms with Gasteiger partial charge in [0.05, 0.1) is 0 Å². The van der Waals surface area contributed by atoms with E-state index in [4.69, 9.17) is 0 Å². The zero-order valence-corrected chi connectivity index (χ0v) is 7.07. The summed E-state index contributed by atoms with van der Waals surface area (Å²) in [5, 5.41) is 10.3. The van der Waals surface area contributed by atoms with Crippen LogP contribution in [-0.2, 0) is 9.53 Å². The van der Waals surface area contributed by atoms with Crippen molar-refractivity contribution in [2.45, 2.75) is 19.4 Å². The van der Waals surface area contributed by atoms with Crippen LogP contribution in [0.4, 0.5) is 0 Å². The topological polar surface area (TPSA) is 69.4 Å². The second-order valence-corrected chi connectivity index (χ2v) is 2.88. The summed E-state index contributed by atoms with van der Waals surface area (Å²) in [5.41, 5.74) is -1.24. The molecule has 0 atom stereocenters. The van der Waals surface area contributed by atoms with E-state index in [-0.39, 0.29) is 6.61 Å². The van der Waals surface area contributed by atoms with Crippen molar-refractivity contribution in [1.82, 2.24) is 0 Å². The van der Waals surface area contributed by atoms with Gasteiger partial charge in [-0.15, -0.1) is 0 Å². The minimum absolute atomic E-state index is 0.245. The molecule has 0 aliphatic carbocycles. The summed E-state index contributed by atoms with van der Waals surface area (Å²) in [5.74, 6) is -0.648. The molecule has 0 radical (unpaired) electrons. The average molecular weight is 173 g/mol. The molecule has 0 aliphatic rings. The lowest BCUT2D eigenvalue weighted by molar-refractivity contribution is -0.563. The van der Waals surface area contributed by atoms with Gasteiger partial charge in [0.1, 0.15) is 0 Å². The molecule has 0 N–H and O–H groups in total. The summed E-state index contributed by atoms with van der Waals surface area (Å²) in [7, 11) is 0. The molecular weight excluding hydrogens is 162 g/mol. The predicted octanol–water partition coefficient (Wildman–Crippen LogP) is 0.771. The minimum Gasteiger partial charge on any atom is -0.455 e. The van der Waals surface area contributed by atoms with Gasteiger partial charge in [0.15, 0.2) is 6.61 Å². The van der Waals surface area contributed by atoms with Crippen LogP contribution in [0.2, 0.25) is 0 Å². The van der Waals surface area contributed by atoms with Gasteiger partial charge in [-0.1, -0.05) is 6.58 Å². The van der Waals surface area contributed by atoms with Crippen molar-refractivity contribution in [2.24, 2.45) is 0 Å². The molecule has 68 valence electrons. The molecule has 0 unspecified atom stereocenters. The number of hydrogen-bond acceptors (Lipinski definition) is 4. The molecule has 5 heteroatoms. The number of hydrogen-bond donors (Lipinski definition) is 0. The van der Waals surface area contributed by atoms with E-state index in [1.165, 1.54) is 13.8 Å². The molecule has 0 amide bonds. The van der Waals surface area contributed by atoms with Crippen LogP contribution in [0.15, 0.2) is 12.7 Å². The maximum atomic E-state index is 10.5. The van der Waals surface area contributed by atoms with Crippen LogP contribution in [0.1, 0.15) is 13.8 Å². The van der Waals surface area contributed by atoms with E-state index in [2.05, 4.69) is 11.3 Å². The van der Waals surface area contributed by atoms with Crippen molar-refractivity contribution in [1.29, 1.82) is 0 Å². The van der Waals surface area contributed by atoms with E-state index in [1.807, 2.05) is 0 Å². The lowest BCUT2D eigenvalue weighted by atomic mass is 10.1. The predicted molar refractivity (Wildman–Crippen MR) is 42.2 cm³/mol. The molecule has 0 rings (SSSR count). The summed E-state index contributed by atoms with van der Waals surface area (Å²) in [6.45, 7) is 5.67. The van der Waals surface area contributed by atoms with Gasteiger partial charge in [-0.05, 0) is 0 Å². The van der Waals surface area contributed by atoms with Crippen LogP contribution in [0.25, 0.3) is 0 Å². The Bertz CT molecular complexity index is 209. The van der Waals surface area contributed by atoms with Crippen LogP contribution in [0, 0.1) is 10.1 Å². The summed E-state index contributed by atoms with van der Waals surface area (Å²) >= 11 is 0. The Hall–Kier alpha value is -1.39. The summed E-state index contributed by atoms with van der Waals surface area (Å²) in [6.07, 6.45) is 0.968. The third kappa shape index (κ3) is 3.14. The Balaban J connectivity index is 4.00. The van der Waals surface area contributed by atoms with E-state index in [1.54, 1.807) is 0 Å². The molecule has 0 saturated carbocycles. The fourth-order valence-electron chi connectivity index (χ4n) is 0.359. The summed E-state index contributed by atoms with van der Waals surface area (Å²) in [6, 6.07) is 0. The molecule has 0 aromatic rings. The van der Waals surface area contributed by atoms with Gasteiger partial charge in [0.25, 0.3) is 0 Å². The molecule has 0 spiro atoms. The molecule has 0 aromatic heterocycles. The Morgan fingerprint density at radius 3 is 2.58 bits per heavy atom. The van der Waals surface area contributed by atoms with Crippen LogP contribution in [0.5, 0.6) is 0 Å². The summed E-state index contributed by atoms with van der Waals surface area (Å²) in [4.78, 5) is 20.3. The van der Waals surface area contributed by atoms with Gasteiger partial charge in [-0.2, -0.15) is 0 Å². The van der Waals surface area contributed by atoms with Crippen molar-refractivity contribution in [3.63, 3.8) is 0 Å². The zero-order valence-electron chi connectivity index (χ0n) is 7.07. The first-order valence-electron chi connectivity index (χ1n) is 3.34. The molecule has 0 heterocycles. The first-order chi connectivity index (χ1) is 5.40. The van der Waals surface area contributed by atoms with Gasteiger partial charge < -0.3 is 4.74 Å². The Labute approximate surface area is 70.2 Å². The SMILES string of the molecule is C=CC(=O)OCC(C)(C)[N+](=O)[O-]. The van der Waals surface area contributed by atoms with Gasteiger partial charge in [0.2, 0.25) is 5.54 Å². The lowest BCUT2D eigenvalue weighted by Gasteiger charge is -2.14. The number of ether oxygens (including phenoxy) is 1. The second kappa shape index (κ2) is 3.85. The van der Waals surface area contributed by atoms with Crippen molar-refractivity contribution >= 4 is 5.97 Å². The van der Waals surface area contributed by atoms with Gasteiger partial charge in [-0.25, -0.2) is 4.79 Å². The van der Waals surface area contributed by atoms with Crippen LogP contribution in [-0.4, -0.2) is 23.0 Å². The molecular formula is C7H11NO4. The Morgan fingerprint density at radius 1 is 1.75 bits per heavy atom. The van der Waals surface area contributed by atoms with Crippen molar-refractivity contribution in [2.75, 3.05) is 6.61 Å². The van der Waals surface area contributed by atoms with Gasteiger partial charge >= 0.3 is 5.97 Å². The van der Waals surface area contributed by atoms with Crippen molar-refractivity contribution < 1.29 is 14.5 Å². The lowest BCUT2D eigenvalue weighted by Crippen LogP contribution is -2.36. The Morgan fingerprint density at radius 2 is 2.25 bits per heavy atom. The molecule has 0 aliphatic heterocycles. The van der Waals surface area contributed by atoms with Crippen LogP contribution < -0.4 is 0 Å². The van der Waals surface area contributed by atoms with Gasteiger partial charge in [-0.3, -0.25) is 10.1 Å². The van der Waals surface area contributed by atoms with Gasteiger partial charge in [0, 0.05) is 24.8 Å². The number of rotatable bonds is 4. The fourth-order valence-corrected chi connectivity index (χ4v) is 0.359. The van der Waals surface area contributed by atoms with E-state index in [9.17, 15) is 14.9 Å². The minimum atomic E-state index is -1.24. The van der Waals surface area contributed by atoms with E-state index < -0.39 is 16.4 Å². The normalized spacial score (nSPS) is 10.5. The average Bonchev–Trinajstić information content (AvgIpc) is 2.00. The maximum Gasteiger partial charge on any atom is 0.330 e. The molecule has 0 fully saturated rings. The number of carbonyl (C=O) groups is 1. The second-order valence-electron chi connectivity index (χ2n) is 2.88. The maximum absolute atomic E-state index is 10.5. The highest BCUT2D eigenvalue weighted by molar-refractivity contribution is 5.81. The van der Waals surface area contributed by atoms with Crippen LogP contribution >= 0.6 is 0 Å². The molecule has 12 heavy (non-hydrogen) atoms. The van der Waals surface area contributed by atoms with E-state index in [0.29, 0.717) is 0 Å². The highest BCUT2D eigenvalue weighted by atomic mass is 16.6. The third-order valence-corrected chi connectivity index (χ3v) is 1.23. The largest absolute Gasteiger partial charge is 0.455 e. The number of esters is 1. The van der Waals surface area contributed by atoms with Crippen LogP contribution in [0.3, 0.4) is 0 Å². The fraction of sp³-hybridized carbons (Fsp3) is 0.571. The summed E-state index contributed by atoms with van der Waals surface area (Å²) < 4.78 is 4.52. The first-order valence-corrected chi connectivity index (χ1v) is 3.34. The smallest absolute Gasteiger partial charge is 0.330 e. The number of carbonyl (C=O) groups excluding carboxylic acids is 1. The monoisotopic (exact) mass is 173 g/mol. The first kappa shape index (κ1) is 10.6. The highest BCUT2D eigenvalue weighted by Gasteiger charge is 2.32.